The normalized spacial score (nSPS) is 13.4. The topological polar surface area (TPSA) is 9.23 Å². The number of hydrogen-bond donors (Lipinski definition) is 0. The molecule has 0 saturated carbocycles. The molecular formula is C29H42BrClO. The number of unbranched alkanes of at least 4 members (excludes halogenated alkanes) is 5. The lowest BCUT2D eigenvalue weighted by Gasteiger charge is -2.45. The highest BCUT2D eigenvalue weighted by molar-refractivity contribution is 9.10. The van der Waals surface area contributed by atoms with Crippen LogP contribution in [-0.2, 0) is 11.3 Å². The second kappa shape index (κ2) is 12.6. The molecule has 2 aromatic carbocycles. The molecule has 0 heterocycles. The van der Waals surface area contributed by atoms with Gasteiger partial charge in [0, 0.05) is 15.1 Å². The molecule has 3 heteroatoms. The van der Waals surface area contributed by atoms with Crippen LogP contribution in [0.3, 0.4) is 0 Å². The molecule has 0 saturated heterocycles. The Morgan fingerprint density at radius 3 is 2.09 bits per heavy atom. The SMILES string of the molecule is CCCCCCCCC(OCc1ccc(-c2ccc(Br)cc2Cl)cc1)C(C)(C)C(C)(C)C. The zero-order valence-electron chi connectivity index (χ0n) is 20.9. The highest BCUT2D eigenvalue weighted by atomic mass is 79.9. The summed E-state index contributed by atoms with van der Waals surface area (Å²) in [4.78, 5) is 0. The maximum atomic E-state index is 6.60. The number of ether oxygens (including phenoxy) is 1. The fourth-order valence-electron chi connectivity index (χ4n) is 3.95. The van der Waals surface area contributed by atoms with E-state index in [1.54, 1.807) is 0 Å². The molecule has 1 unspecified atom stereocenters. The molecule has 0 aliphatic carbocycles. The molecule has 0 spiro atoms. The Morgan fingerprint density at radius 1 is 0.875 bits per heavy atom. The van der Waals surface area contributed by atoms with E-state index in [1.807, 2.05) is 12.1 Å². The first kappa shape index (κ1) is 27.4. The molecule has 32 heavy (non-hydrogen) atoms. The van der Waals surface area contributed by atoms with E-state index in [4.69, 9.17) is 16.3 Å². The molecule has 1 atom stereocenters. The van der Waals surface area contributed by atoms with Crippen molar-refractivity contribution in [2.45, 2.75) is 99.2 Å². The van der Waals surface area contributed by atoms with Gasteiger partial charge < -0.3 is 4.74 Å². The van der Waals surface area contributed by atoms with Gasteiger partial charge in [-0.1, -0.05) is 138 Å². The van der Waals surface area contributed by atoms with Crippen molar-refractivity contribution >= 4 is 27.5 Å². The standard InChI is InChI=1S/C29H42BrClO/c1-7-8-9-10-11-12-13-27(29(5,6)28(2,3)4)32-21-22-14-16-23(17-15-22)25-19-18-24(30)20-26(25)31/h14-20,27H,7-13,21H2,1-6H3. The van der Waals surface area contributed by atoms with Gasteiger partial charge in [-0.2, -0.15) is 0 Å². The molecule has 0 aliphatic heterocycles. The van der Waals surface area contributed by atoms with Gasteiger partial charge in [-0.15, -0.1) is 0 Å². The molecule has 0 amide bonds. The van der Waals surface area contributed by atoms with Crippen molar-refractivity contribution in [2.24, 2.45) is 10.8 Å². The van der Waals surface area contributed by atoms with E-state index in [-0.39, 0.29) is 16.9 Å². The van der Waals surface area contributed by atoms with Crippen LogP contribution in [0, 0.1) is 10.8 Å². The maximum Gasteiger partial charge on any atom is 0.0720 e. The molecule has 0 radical (unpaired) electrons. The van der Waals surface area contributed by atoms with Gasteiger partial charge in [-0.25, -0.2) is 0 Å². The third-order valence-corrected chi connectivity index (χ3v) is 8.01. The van der Waals surface area contributed by atoms with E-state index in [0.29, 0.717) is 6.61 Å². The molecule has 0 aromatic heterocycles. The second-order valence-corrected chi connectivity index (χ2v) is 12.0. The van der Waals surface area contributed by atoms with Gasteiger partial charge in [0.2, 0.25) is 0 Å². The summed E-state index contributed by atoms with van der Waals surface area (Å²) in [5.74, 6) is 0. The van der Waals surface area contributed by atoms with Gasteiger partial charge in [0.05, 0.1) is 12.7 Å². The van der Waals surface area contributed by atoms with Crippen LogP contribution in [0.1, 0.15) is 92.1 Å². The van der Waals surface area contributed by atoms with Crippen molar-refractivity contribution in [3.05, 3.63) is 57.5 Å². The summed E-state index contributed by atoms with van der Waals surface area (Å²) in [5, 5.41) is 0.759. The average Bonchev–Trinajstić information content (AvgIpc) is 2.72. The largest absolute Gasteiger partial charge is 0.373 e. The maximum absolute atomic E-state index is 6.60. The highest BCUT2D eigenvalue weighted by Crippen LogP contribution is 2.44. The third-order valence-electron chi connectivity index (χ3n) is 7.21. The van der Waals surface area contributed by atoms with E-state index in [1.165, 1.54) is 44.1 Å². The Balaban J connectivity index is 2.02. The predicted octanol–water partition coefficient (Wildman–Crippen LogP) is 10.5. The Morgan fingerprint density at radius 2 is 1.50 bits per heavy atom. The Bertz CT molecular complexity index is 820. The molecule has 2 aromatic rings. The van der Waals surface area contributed by atoms with Gasteiger partial charge in [0.1, 0.15) is 0 Å². The first-order valence-corrected chi connectivity index (χ1v) is 13.4. The molecule has 2 rings (SSSR count). The van der Waals surface area contributed by atoms with Crippen LogP contribution in [0.2, 0.25) is 5.02 Å². The number of benzene rings is 2. The van der Waals surface area contributed by atoms with E-state index in [9.17, 15) is 0 Å². The Kier molecular flexibility index (Phi) is 10.8. The van der Waals surface area contributed by atoms with E-state index in [0.717, 1.165) is 27.0 Å². The molecular weight excluding hydrogens is 480 g/mol. The zero-order valence-corrected chi connectivity index (χ0v) is 23.3. The molecule has 0 aliphatic rings. The fourth-order valence-corrected chi connectivity index (χ4v) is 4.73. The van der Waals surface area contributed by atoms with Gasteiger partial charge in [0.25, 0.3) is 0 Å². The van der Waals surface area contributed by atoms with Crippen LogP contribution in [0.4, 0.5) is 0 Å². The number of hydrogen-bond acceptors (Lipinski definition) is 1. The highest BCUT2D eigenvalue weighted by Gasteiger charge is 2.40. The first-order valence-electron chi connectivity index (χ1n) is 12.2. The summed E-state index contributed by atoms with van der Waals surface area (Å²) in [7, 11) is 0. The number of halogens is 2. The lowest BCUT2D eigenvalue weighted by molar-refractivity contribution is -0.0879. The quantitative estimate of drug-likeness (QED) is 0.252. The summed E-state index contributed by atoms with van der Waals surface area (Å²) in [5.41, 5.74) is 3.67. The summed E-state index contributed by atoms with van der Waals surface area (Å²) in [6, 6.07) is 14.6. The minimum absolute atomic E-state index is 0.0985. The summed E-state index contributed by atoms with van der Waals surface area (Å²) >= 11 is 9.91. The van der Waals surface area contributed by atoms with Gasteiger partial charge in [-0.3, -0.25) is 0 Å². The lowest BCUT2D eigenvalue weighted by Crippen LogP contribution is -2.42. The summed E-state index contributed by atoms with van der Waals surface area (Å²) in [6.07, 6.45) is 9.29. The van der Waals surface area contributed by atoms with Crippen molar-refractivity contribution < 1.29 is 4.74 Å². The molecule has 1 nitrogen and oxygen atoms in total. The fraction of sp³-hybridized carbons (Fsp3) is 0.586. The van der Waals surface area contributed by atoms with Gasteiger partial charge >= 0.3 is 0 Å². The van der Waals surface area contributed by atoms with Crippen LogP contribution < -0.4 is 0 Å². The zero-order chi connectivity index (χ0) is 23.8. The second-order valence-electron chi connectivity index (χ2n) is 10.6. The summed E-state index contributed by atoms with van der Waals surface area (Å²) in [6.45, 7) is 14.7. The van der Waals surface area contributed by atoms with Crippen molar-refractivity contribution in [3.63, 3.8) is 0 Å². The first-order chi connectivity index (χ1) is 15.1. The van der Waals surface area contributed by atoms with Crippen molar-refractivity contribution in [3.8, 4) is 11.1 Å². The Hall–Kier alpha value is -0.830. The molecule has 178 valence electrons. The van der Waals surface area contributed by atoms with Crippen LogP contribution in [0.25, 0.3) is 11.1 Å². The van der Waals surface area contributed by atoms with E-state index < -0.39 is 0 Å². The average molecular weight is 522 g/mol. The van der Waals surface area contributed by atoms with Gasteiger partial charge in [-0.05, 0) is 40.5 Å². The Labute approximate surface area is 210 Å². The van der Waals surface area contributed by atoms with Crippen molar-refractivity contribution in [1.82, 2.24) is 0 Å². The molecule has 0 bridgehead atoms. The van der Waals surface area contributed by atoms with Gasteiger partial charge in [0.15, 0.2) is 0 Å². The van der Waals surface area contributed by atoms with Crippen molar-refractivity contribution in [1.29, 1.82) is 0 Å². The number of rotatable bonds is 12. The van der Waals surface area contributed by atoms with E-state index >= 15 is 0 Å². The lowest BCUT2D eigenvalue weighted by atomic mass is 9.65. The van der Waals surface area contributed by atoms with Crippen LogP contribution >= 0.6 is 27.5 Å². The van der Waals surface area contributed by atoms with Crippen molar-refractivity contribution in [2.75, 3.05) is 0 Å². The minimum Gasteiger partial charge on any atom is -0.373 e. The summed E-state index contributed by atoms with van der Waals surface area (Å²) < 4.78 is 7.59. The predicted molar refractivity (Wildman–Crippen MR) is 144 cm³/mol. The van der Waals surface area contributed by atoms with Crippen LogP contribution in [0.5, 0.6) is 0 Å². The third kappa shape index (κ3) is 7.89. The van der Waals surface area contributed by atoms with Crippen LogP contribution in [0.15, 0.2) is 46.9 Å². The van der Waals surface area contributed by atoms with Crippen LogP contribution in [-0.4, -0.2) is 6.10 Å². The van der Waals surface area contributed by atoms with E-state index in [2.05, 4.69) is 87.8 Å². The smallest absolute Gasteiger partial charge is 0.0720 e. The monoisotopic (exact) mass is 520 g/mol. The molecule has 0 N–H and O–H groups in total. The minimum atomic E-state index is 0.0985. The molecule has 0 fully saturated rings.